The minimum absolute atomic E-state index is 0.167. The predicted molar refractivity (Wildman–Crippen MR) is 108 cm³/mol. The first-order valence-electron chi connectivity index (χ1n) is 9.06. The fourth-order valence-electron chi connectivity index (χ4n) is 2.82. The maximum Gasteiger partial charge on any atom is 0.422 e. The number of thioether (sulfide) groups is 1. The number of hydrogen-bond donors (Lipinski definition) is 1. The van der Waals surface area contributed by atoms with Crippen molar-refractivity contribution in [2.75, 3.05) is 23.6 Å². The normalized spacial score (nSPS) is 16.4. The molecule has 0 bridgehead atoms. The number of hydrogen-bond acceptors (Lipinski definition) is 5. The van der Waals surface area contributed by atoms with E-state index in [4.69, 9.17) is 0 Å². The number of halogens is 3. The standard InChI is InChI=1S/C20H20F3N3O3S/c1-12-3-5-15(7-13(12)2)25-18(27)16-9-30-11-26(16)19(28)14-4-6-17(24-8-14)29-10-20(21,22)23/h3-8,16H,9-11H2,1-2H3,(H,25,27). The monoisotopic (exact) mass is 439 g/mol. The van der Waals surface area contributed by atoms with Gasteiger partial charge in [-0.3, -0.25) is 9.59 Å². The lowest BCUT2D eigenvalue weighted by molar-refractivity contribution is -0.154. The zero-order valence-electron chi connectivity index (χ0n) is 16.3. The molecule has 1 N–H and O–H groups in total. The summed E-state index contributed by atoms with van der Waals surface area (Å²) in [5.41, 5.74) is 2.97. The Morgan fingerprint density at radius 3 is 2.63 bits per heavy atom. The molecular formula is C20H20F3N3O3S. The number of carbonyl (C=O) groups is 2. The second-order valence-corrected chi connectivity index (χ2v) is 7.87. The molecule has 1 atom stereocenters. The number of carbonyl (C=O) groups excluding carboxylic acids is 2. The van der Waals surface area contributed by atoms with Crippen molar-refractivity contribution in [2.45, 2.75) is 26.1 Å². The van der Waals surface area contributed by atoms with Gasteiger partial charge in [0.15, 0.2) is 6.61 Å². The molecule has 1 aliphatic rings. The molecule has 0 spiro atoms. The fourth-order valence-corrected chi connectivity index (χ4v) is 3.97. The van der Waals surface area contributed by atoms with Gasteiger partial charge in [0.2, 0.25) is 11.8 Å². The number of nitrogens with one attached hydrogen (secondary N) is 1. The number of alkyl halides is 3. The van der Waals surface area contributed by atoms with Crippen LogP contribution in [0.5, 0.6) is 5.88 Å². The van der Waals surface area contributed by atoms with Gasteiger partial charge >= 0.3 is 6.18 Å². The van der Waals surface area contributed by atoms with Crippen LogP contribution in [0.15, 0.2) is 36.5 Å². The van der Waals surface area contributed by atoms with E-state index in [0.717, 1.165) is 17.3 Å². The van der Waals surface area contributed by atoms with Crippen LogP contribution < -0.4 is 10.1 Å². The molecule has 0 aliphatic carbocycles. The lowest BCUT2D eigenvalue weighted by Crippen LogP contribution is -2.44. The van der Waals surface area contributed by atoms with E-state index in [2.05, 4.69) is 15.0 Å². The quantitative estimate of drug-likeness (QED) is 0.768. The summed E-state index contributed by atoms with van der Waals surface area (Å²) in [7, 11) is 0. The van der Waals surface area contributed by atoms with Gasteiger partial charge in [0.05, 0.1) is 11.4 Å². The van der Waals surface area contributed by atoms with E-state index in [1.54, 1.807) is 6.07 Å². The maximum atomic E-state index is 12.8. The van der Waals surface area contributed by atoms with Crippen molar-refractivity contribution in [3.05, 3.63) is 53.2 Å². The van der Waals surface area contributed by atoms with Crippen LogP contribution in [0.2, 0.25) is 0 Å². The molecule has 1 unspecified atom stereocenters. The molecule has 0 radical (unpaired) electrons. The highest BCUT2D eigenvalue weighted by Crippen LogP contribution is 2.25. The highest BCUT2D eigenvalue weighted by molar-refractivity contribution is 7.99. The summed E-state index contributed by atoms with van der Waals surface area (Å²) >= 11 is 1.45. The zero-order chi connectivity index (χ0) is 21.9. The molecule has 2 amide bonds. The number of benzene rings is 1. The van der Waals surface area contributed by atoms with Gasteiger partial charge < -0.3 is 15.0 Å². The smallest absolute Gasteiger partial charge is 0.422 e. The number of rotatable bonds is 5. The van der Waals surface area contributed by atoms with Crippen LogP contribution in [0.4, 0.5) is 18.9 Å². The minimum atomic E-state index is -4.47. The molecule has 1 aromatic carbocycles. The fraction of sp³-hybridized carbons (Fsp3) is 0.350. The van der Waals surface area contributed by atoms with E-state index in [1.807, 2.05) is 26.0 Å². The Kier molecular flexibility index (Phi) is 6.55. The van der Waals surface area contributed by atoms with Gasteiger partial charge in [-0.1, -0.05) is 6.07 Å². The maximum absolute atomic E-state index is 12.8. The summed E-state index contributed by atoms with van der Waals surface area (Å²) < 4.78 is 41.2. The van der Waals surface area contributed by atoms with E-state index in [-0.39, 0.29) is 17.4 Å². The third kappa shape index (κ3) is 5.44. The minimum Gasteiger partial charge on any atom is -0.468 e. The molecule has 10 heteroatoms. The molecule has 30 heavy (non-hydrogen) atoms. The Hall–Kier alpha value is -2.75. The van der Waals surface area contributed by atoms with Crippen molar-refractivity contribution in [1.82, 2.24) is 9.88 Å². The number of nitrogens with zero attached hydrogens (tertiary/aromatic N) is 2. The number of pyridine rings is 1. The summed E-state index contributed by atoms with van der Waals surface area (Å²) in [5.74, 6) is -0.174. The molecule has 160 valence electrons. The van der Waals surface area contributed by atoms with E-state index in [1.165, 1.54) is 28.8 Å². The SMILES string of the molecule is Cc1ccc(NC(=O)C2CSCN2C(=O)c2ccc(OCC(F)(F)F)nc2)cc1C. The molecule has 6 nitrogen and oxygen atoms in total. The largest absolute Gasteiger partial charge is 0.468 e. The molecule has 2 aromatic rings. The molecule has 1 aliphatic heterocycles. The molecule has 3 rings (SSSR count). The Bertz CT molecular complexity index is 935. The number of ether oxygens (including phenoxy) is 1. The van der Waals surface area contributed by atoms with Crippen LogP contribution in [-0.4, -0.2) is 52.2 Å². The summed E-state index contributed by atoms with van der Waals surface area (Å²) in [5, 5.41) is 2.84. The second kappa shape index (κ2) is 8.95. The third-order valence-electron chi connectivity index (χ3n) is 4.59. The first kappa shape index (κ1) is 21.9. The van der Waals surface area contributed by atoms with Gasteiger partial charge in [0.25, 0.3) is 5.91 Å². The number of amides is 2. The van der Waals surface area contributed by atoms with E-state index in [9.17, 15) is 22.8 Å². The summed E-state index contributed by atoms with van der Waals surface area (Å²) in [6.07, 6.45) is -3.32. The second-order valence-electron chi connectivity index (χ2n) is 6.87. The summed E-state index contributed by atoms with van der Waals surface area (Å²) in [4.78, 5) is 30.7. The Morgan fingerprint density at radius 1 is 1.23 bits per heavy atom. The van der Waals surface area contributed by atoms with Gasteiger partial charge in [0.1, 0.15) is 6.04 Å². The van der Waals surface area contributed by atoms with Crippen molar-refractivity contribution in [3.63, 3.8) is 0 Å². The average Bonchev–Trinajstić information content (AvgIpc) is 3.18. The first-order chi connectivity index (χ1) is 14.1. The highest BCUT2D eigenvalue weighted by atomic mass is 32.2. The third-order valence-corrected chi connectivity index (χ3v) is 5.60. The van der Waals surface area contributed by atoms with E-state index < -0.39 is 24.7 Å². The molecule has 1 saturated heterocycles. The predicted octanol–water partition coefficient (Wildman–Crippen LogP) is 3.79. The van der Waals surface area contributed by atoms with Crippen LogP contribution in [0.3, 0.4) is 0 Å². The topological polar surface area (TPSA) is 71.5 Å². The van der Waals surface area contributed by atoms with Gasteiger partial charge in [-0.25, -0.2) is 4.98 Å². The Labute approximate surface area is 175 Å². The average molecular weight is 439 g/mol. The van der Waals surface area contributed by atoms with Gasteiger partial charge in [-0.05, 0) is 43.2 Å². The number of aromatic nitrogens is 1. The van der Waals surface area contributed by atoms with Crippen molar-refractivity contribution in [2.24, 2.45) is 0 Å². The molecule has 1 fully saturated rings. The lowest BCUT2D eigenvalue weighted by atomic mass is 10.1. The number of anilines is 1. The van der Waals surface area contributed by atoms with Crippen molar-refractivity contribution >= 4 is 29.3 Å². The van der Waals surface area contributed by atoms with Crippen LogP contribution in [-0.2, 0) is 4.79 Å². The lowest BCUT2D eigenvalue weighted by Gasteiger charge is -2.23. The van der Waals surface area contributed by atoms with Crippen molar-refractivity contribution < 1.29 is 27.5 Å². The Balaban J connectivity index is 1.66. The van der Waals surface area contributed by atoms with Crippen LogP contribution in [0.1, 0.15) is 21.5 Å². The van der Waals surface area contributed by atoms with Crippen LogP contribution in [0, 0.1) is 13.8 Å². The van der Waals surface area contributed by atoms with Crippen LogP contribution in [0.25, 0.3) is 0 Å². The summed E-state index contributed by atoms with van der Waals surface area (Å²) in [6.45, 7) is 2.46. The van der Waals surface area contributed by atoms with Gasteiger partial charge in [-0.2, -0.15) is 13.2 Å². The number of aryl methyl sites for hydroxylation is 2. The zero-order valence-corrected chi connectivity index (χ0v) is 17.1. The van der Waals surface area contributed by atoms with E-state index >= 15 is 0 Å². The molecule has 0 saturated carbocycles. The van der Waals surface area contributed by atoms with E-state index in [0.29, 0.717) is 17.3 Å². The first-order valence-corrected chi connectivity index (χ1v) is 10.2. The molecular weight excluding hydrogens is 419 g/mol. The summed E-state index contributed by atoms with van der Waals surface area (Å²) in [6, 6.07) is 7.45. The van der Waals surface area contributed by atoms with Crippen molar-refractivity contribution in [3.8, 4) is 5.88 Å². The molecule has 1 aromatic heterocycles. The van der Waals surface area contributed by atoms with Gasteiger partial charge in [-0.15, -0.1) is 11.8 Å². The van der Waals surface area contributed by atoms with Gasteiger partial charge in [0, 0.05) is 23.7 Å². The van der Waals surface area contributed by atoms with Crippen LogP contribution >= 0.6 is 11.8 Å². The Morgan fingerprint density at radius 2 is 2.00 bits per heavy atom. The van der Waals surface area contributed by atoms with Crippen molar-refractivity contribution in [1.29, 1.82) is 0 Å². The highest BCUT2D eigenvalue weighted by Gasteiger charge is 2.35. The molecule has 2 heterocycles.